The topological polar surface area (TPSA) is 70.6 Å². The van der Waals surface area contributed by atoms with E-state index < -0.39 is 6.04 Å². The zero-order valence-electron chi connectivity index (χ0n) is 16.2. The Balaban J connectivity index is 1.59. The number of amides is 2. The van der Waals surface area contributed by atoms with Crippen LogP contribution in [0.3, 0.4) is 0 Å². The van der Waals surface area contributed by atoms with Crippen molar-refractivity contribution in [2.45, 2.75) is 50.0 Å². The Bertz CT molecular complexity index is 814. The second-order valence-corrected chi connectivity index (χ2v) is 8.20. The van der Waals surface area contributed by atoms with Gasteiger partial charge in [0, 0.05) is 34.5 Å². The largest absolute Gasteiger partial charge is 0.354 e. The van der Waals surface area contributed by atoms with E-state index >= 15 is 0 Å². The number of carbonyl (C=O) groups excluding carboxylic acids is 2. The smallest absolute Gasteiger partial charge is 0.242 e. The lowest BCUT2D eigenvalue weighted by Gasteiger charge is -2.20. The summed E-state index contributed by atoms with van der Waals surface area (Å²) < 4.78 is 0. The van der Waals surface area contributed by atoms with E-state index in [4.69, 9.17) is 0 Å². The fourth-order valence-corrected chi connectivity index (χ4v) is 4.23. The van der Waals surface area contributed by atoms with Crippen molar-refractivity contribution >= 4 is 29.8 Å². The first-order valence-electron chi connectivity index (χ1n) is 9.83. The van der Waals surface area contributed by atoms with Crippen molar-refractivity contribution < 1.29 is 9.59 Å². The van der Waals surface area contributed by atoms with Gasteiger partial charge >= 0.3 is 0 Å². The van der Waals surface area contributed by atoms with Gasteiger partial charge in [-0.25, -0.2) is 0 Å². The van der Waals surface area contributed by atoms with E-state index in [0.29, 0.717) is 19.5 Å². The highest BCUT2D eigenvalue weighted by atomic mass is 32.2. The Morgan fingerprint density at radius 3 is 3.07 bits per heavy atom. The third-order valence-corrected chi connectivity index (χ3v) is 6.11. The van der Waals surface area contributed by atoms with Gasteiger partial charge in [-0.2, -0.15) is 0 Å². The molecule has 0 saturated carbocycles. The maximum Gasteiger partial charge on any atom is 0.242 e. The van der Waals surface area contributed by atoms with Crippen molar-refractivity contribution in [3.63, 3.8) is 0 Å². The predicted octanol–water partition coefficient (Wildman–Crippen LogP) is 3.61. The molecule has 2 aliphatic heterocycles. The van der Waals surface area contributed by atoms with Crippen LogP contribution in [-0.2, 0) is 9.59 Å². The molecule has 0 aliphatic carbocycles. The number of carbonyl (C=O) groups is 2. The van der Waals surface area contributed by atoms with Crippen LogP contribution >= 0.6 is 11.8 Å². The van der Waals surface area contributed by atoms with Crippen LogP contribution in [0.5, 0.6) is 0 Å². The van der Waals surface area contributed by atoms with E-state index in [9.17, 15) is 9.59 Å². The molecule has 1 aromatic rings. The SMILES string of the molecule is C/C1=C(\C=C/CC(=O)NC2CCCCCNC2=O)Sc2ccccc2C=NC1. The standard InChI is InChI=1S/C22H27N3O2S/c1-16-14-23-15-17-8-4-5-10-20(17)28-19(16)11-7-12-21(26)25-18-9-3-2-6-13-24-22(18)27/h4-5,7-8,10-11,15,18H,2-3,6,9,12-14H2,1H3,(H,24,27)(H,25,26)/b11-7-,19-16-,23-15?. The lowest BCUT2D eigenvalue weighted by Crippen LogP contribution is -2.47. The summed E-state index contributed by atoms with van der Waals surface area (Å²) in [4.78, 5) is 31.2. The van der Waals surface area contributed by atoms with Crippen LogP contribution in [0, 0.1) is 0 Å². The molecule has 2 heterocycles. The highest BCUT2D eigenvalue weighted by Crippen LogP contribution is 2.33. The molecule has 1 saturated heterocycles. The van der Waals surface area contributed by atoms with Crippen molar-refractivity contribution in [3.8, 4) is 0 Å². The number of aliphatic imine (C=N–C) groups is 1. The number of hydrogen-bond donors (Lipinski definition) is 2. The summed E-state index contributed by atoms with van der Waals surface area (Å²) in [6, 6.07) is 7.75. The average molecular weight is 398 g/mol. The molecule has 148 valence electrons. The normalized spacial score (nSPS) is 23.2. The van der Waals surface area contributed by atoms with Crippen LogP contribution in [-0.4, -0.2) is 37.2 Å². The summed E-state index contributed by atoms with van der Waals surface area (Å²) in [5.41, 5.74) is 2.28. The molecule has 28 heavy (non-hydrogen) atoms. The molecule has 1 atom stereocenters. The highest BCUT2D eigenvalue weighted by molar-refractivity contribution is 8.03. The lowest BCUT2D eigenvalue weighted by molar-refractivity contribution is -0.129. The number of nitrogens with one attached hydrogen (secondary N) is 2. The second kappa shape index (κ2) is 10.3. The molecule has 2 aliphatic rings. The van der Waals surface area contributed by atoms with Gasteiger partial charge in [-0.1, -0.05) is 55.0 Å². The molecule has 2 N–H and O–H groups in total. The van der Waals surface area contributed by atoms with E-state index in [1.54, 1.807) is 11.8 Å². The number of nitrogens with zero attached hydrogens (tertiary/aromatic N) is 1. The van der Waals surface area contributed by atoms with E-state index in [1.807, 2.05) is 30.5 Å². The number of rotatable bonds is 4. The molecule has 0 spiro atoms. The lowest BCUT2D eigenvalue weighted by atomic mass is 10.0. The monoisotopic (exact) mass is 397 g/mol. The van der Waals surface area contributed by atoms with Gasteiger partial charge in [-0.3, -0.25) is 14.6 Å². The third kappa shape index (κ3) is 5.83. The van der Waals surface area contributed by atoms with Gasteiger partial charge in [0.2, 0.25) is 11.8 Å². The van der Waals surface area contributed by atoms with Gasteiger partial charge in [0.15, 0.2) is 0 Å². The summed E-state index contributed by atoms with van der Waals surface area (Å²) in [6.07, 6.45) is 9.81. The van der Waals surface area contributed by atoms with Crippen LogP contribution in [0.1, 0.15) is 44.6 Å². The first-order chi connectivity index (χ1) is 13.6. The van der Waals surface area contributed by atoms with Crippen molar-refractivity contribution in [1.29, 1.82) is 0 Å². The number of hydrogen-bond acceptors (Lipinski definition) is 4. The first-order valence-corrected chi connectivity index (χ1v) is 10.6. The number of benzene rings is 1. The number of thioether (sulfide) groups is 1. The zero-order valence-corrected chi connectivity index (χ0v) is 17.1. The molecule has 1 aromatic carbocycles. The van der Waals surface area contributed by atoms with Crippen molar-refractivity contribution in [2.75, 3.05) is 13.1 Å². The van der Waals surface area contributed by atoms with E-state index in [0.717, 1.165) is 34.6 Å². The van der Waals surface area contributed by atoms with E-state index in [-0.39, 0.29) is 18.2 Å². The van der Waals surface area contributed by atoms with Gasteiger partial charge in [-0.05, 0) is 31.4 Å². The number of fused-ring (bicyclic) bond motifs is 1. The van der Waals surface area contributed by atoms with Crippen molar-refractivity contribution in [2.24, 2.45) is 4.99 Å². The van der Waals surface area contributed by atoms with Gasteiger partial charge in [0.1, 0.15) is 6.04 Å². The van der Waals surface area contributed by atoms with Crippen LogP contribution in [0.4, 0.5) is 0 Å². The van der Waals surface area contributed by atoms with Crippen LogP contribution in [0.2, 0.25) is 0 Å². The molecule has 2 amide bonds. The quantitative estimate of drug-likeness (QED) is 0.815. The van der Waals surface area contributed by atoms with Gasteiger partial charge in [0.25, 0.3) is 0 Å². The van der Waals surface area contributed by atoms with E-state index in [1.165, 1.54) is 5.57 Å². The van der Waals surface area contributed by atoms with Crippen molar-refractivity contribution in [1.82, 2.24) is 10.6 Å². The summed E-state index contributed by atoms with van der Waals surface area (Å²) in [5.74, 6) is -0.190. The molecule has 5 nitrogen and oxygen atoms in total. The molecule has 6 heteroatoms. The summed E-state index contributed by atoms with van der Waals surface area (Å²) >= 11 is 1.70. The van der Waals surface area contributed by atoms with Gasteiger partial charge in [-0.15, -0.1) is 0 Å². The minimum Gasteiger partial charge on any atom is -0.354 e. The molecule has 0 aromatic heterocycles. The molecule has 1 unspecified atom stereocenters. The Hall–Kier alpha value is -2.34. The Kier molecular flexibility index (Phi) is 7.48. The van der Waals surface area contributed by atoms with Crippen LogP contribution in [0.15, 0.2) is 56.8 Å². The third-order valence-electron chi connectivity index (χ3n) is 4.81. The average Bonchev–Trinajstić information content (AvgIpc) is 2.66. The molecule has 3 rings (SSSR count). The molecule has 1 fully saturated rings. The molecule has 0 bridgehead atoms. The van der Waals surface area contributed by atoms with Gasteiger partial charge < -0.3 is 10.6 Å². The Labute approximate surface area is 170 Å². The van der Waals surface area contributed by atoms with Crippen LogP contribution in [0.25, 0.3) is 0 Å². The Morgan fingerprint density at radius 1 is 1.32 bits per heavy atom. The second-order valence-electron chi connectivity index (χ2n) is 7.12. The molecular weight excluding hydrogens is 370 g/mol. The summed E-state index contributed by atoms with van der Waals surface area (Å²) in [7, 11) is 0. The predicted molar refractivity (Wildman–Crippen MR) is 115 cm³/mol. The fraction of sp³-hybridized carbons (Fsp3) is 0.409. The Morgan fingerprint density at radius 2 is 2.18 bits per heavy atom. The number of allylic oxidation sites excluding steroid dienone is 1. The summed E-state index contributed by atoms with van der Waals surface area (Å²) in [5, 5.41) is 5.75. The molecular formula is C22H27N3O2S. The minimum absolute atomic E-state index is 0.0689. The maximum atomic E-state index is 12.3. The minimum atomic E-state index is -0.417. The maximum absolute atomic E-state index is 12.3. The van der Waals surface area contributed by atoms with Crippen molar-refractivity contribution in [3.05, 3.63) is 52.5 Å². The van der Waals surface area contributed by atoms with E-state index in [2.05, 4.69) is 34.7 Å². The summed E-state index contributed by atoms with van der Waals surface area (Å²) in [6.45, 7) is 3.41. The highest BCUT2D eigenvalue weighted by Gasteiger charge is 2.21. The molecule has 0 radical (unpaired) electrons. The van der Waals surface area contributed by atoms with Crippen LogP contribution < -0.4 is 10.6 Å². The van der Waals surface area contributed by atoms with Gasteiger partial charge in [0.05, 0.1) is 6.54 Å². The zero-order chi connectivity index (χ0) is 19.8. The first kappa shape index (κ1) is 20.4. The fourth-order valence-electron chi connectivity index (χ4n) is 3.20.